The van der Waals surface area contributed by atoms with Gasteiger partial charge >= 0.3 is 0 Å². The maximum Gasteiger partial charge on any atom is 0.0740 e. The van der Waals surface area contributed by atoms with Gasteiger partial charge in [-0.2, -0.15) is 10.2 Å². The number of nitrogens with zero attached hydrogens (tertiary/aromatic N) is 4. The summed E-state index contributed by atoms with van der Waals surface area (Å²) in [7, 11) is 3.92. The molecule has 0 spiro atoms. The lowest BCUT2D eigenvalue weighted by atomic mass is 10.1. The Bertz CT molecular complexity index is 1050. The van der Waals surface area contributed by atoms with E-state index in [1.54, 1.807) is 0 Å². The Morgan fingerprint density at radius 2 is 1.26 bits per heavy atom. The summed E-state index contributed by atoms with van der Waals surface area (Å²) in [6.45, 7) is 11.9. The van der Waals surface area contributed by atoms with E-state index in [1.807, 2.05) is 81.5 Å². The minimum absolute atomic E-state index is 0.227. The fraction of sp³-hybridized carbons (Fsp3) is 0.385. The number of fused-ring (bicyclic) bond motifs is 2. The van der Waals surface area contributed by atoms with Crippen molar-refractivity contribution >= 4 is 21.8 Å². The number of rotatable bonds is 5. The van der Waals surface area contributed by atoms with Crippen molar-refractivity contribution in [2.24, 2.45) is 14.1 Å². The van der Waals surface area contributed by atoms with E-state index in [9.17, 15) is 0 Å². The van der Waals surface area contributed by atoms with Gasteiger partial charge < -0.3 is 5.11 Å². The minimum atomic E-state index is 0.227. The van der Waals surface area contributed by atoms with Gasteiger partial charge in [0.25, 0.3) is 0 Å². The van der Waals surface area contributed by atoms with E-state index in [0.29, 0.717) is 0 Å². The number of benzene rings is 2. The van der Waals surface area contributed by atoms with E-state index in [-0.39, 0.29) is 6.61 Å². The van der Waals surface area contributed by atoms with Crippen LogP contribution in [-0.4, -0.2) is 31.3 Å². The van der Waals surface area contributed by atoms with Crippen LogP contribution in [0.25, 0.3) is 21.8 Å². The molecule has 0 saturated heterocycles. The molecule has 2 heterocycles. The normalized spacial score (nSPS) is 9.77. The number of aliphatic hydroxyl groups is 1. The average molecular weight is 423 g/mol. The molecular weight excluding hydrogens is 384 g/mol. The Balaban J connectivity index is 0.000000268. The van der Waals surface area contributed by atoms with E-state index < -0.39 is 0 Å². The molecule has 0 amide bonds. The Morgan fingerprint density at radius 1 is 0.806 bits per heavy atom. The number of aryl methyl sites for hydroxylation is 3. The van der Waals surface area contributed by atoms with Crippen molar-refractivity contribution in [2.45, 2.75) is 47.0 Å². The highest BCUT2D eigenvalue weighted by Crippen LogP contribution is 2.18. The summed E-state index contributed by atoms with van der Waals surface area (Å²) in [6.07, 6.45) is 4.34. The van der Waals surface area contributed by atoms with Crippen molar-refractivity contribution < 1.29 is 5.11 Å². The third-order valence-electron chi connectivity index (χ3n) is 4.58. The average Bonchev–Trinajstić information content (AvgIpc) is 3.33. The maximum absolute atomic E-state index is 8.77. The summed E-state index contributed by atoms with van der Waals surface area (Å²) in [6, 6.07) is 16.4. The number of hydrogen-bond acceptors (Lipinski definition) is 3. The lowest BCUT2D eigenvalue weighted by Gasteiger charge is -1.93. The predicted octanol–water partition coefficient (Wildman–Crippen LogP) is 5.85. The number of para-hydroxylation sites is 2. The first-order valence-electron chi connectivity index (χ1n) is 11.2. The molecule has 4 aromatic rings. The highest BCUT2D eigenvalue weighted by Gasteiger charge is 2.06. The van der Waals surface area contributed by atoms with E-state index in [0.717, 1.165) is 36.2 Å². The smallest absolute Gasteiger partial charge is 0.0740 e. The molecule has 0 fully saturated rings. The van der Waals surface area contributed by atoms with Crippen molar-refractivity contribution in [3.8, 4) is 0 Å². The molecule has 0 radical (unpaired) electrons. The van der Waals surface area contributed by atoms with Crippen LogP contribution in [0.5, 0.6) is 0 Å². The molecule has 168 valence electrons. The lowest BCUT2D eigenvalue weighted by Crippen LogP contribution is -1.93. The zero-order chi connectivity index (χ0) is 23.2. The van der Waals surface area contributed by atoms with Crippen LogP contribution in [0.15, 0.2) is 61.2 Å². The first-order valence-corrected chi connectivity index (χ1v) is 11.2. The molecule has 0 bridgehead atoms. The van der Waals surface area contributed by atoms with Crippen molar-refractivity contribution in [1.82, 2.24) is 19.6 Å². The van der Waals surface area contributed by atoms with Gasteiger partial charge in [0.1, 0.15) is 0 Å². The Kier molecular flexibility index (Phi) is 11.9. The first-order chi connectivity index (χ1) is 15.2. The first kappa shape index (κ1) is 26.1. The van der Waals surface area contributed by atoms with Gasteiger partial charge in [-0.15, -0.1) is 6.58 Å². The molecule has 0 unspecified atom stereocenters. The quantitative estimate of drug-likeness (QED) is 0.410. The molecule has 0 aliphatic carbocycles. The van der Waals surface area contributed by atoms with E-state index in [1.165, 1.54) is 16.3 Å². The second-order valence-corrected chi connectivity index (χ2v) is 6.49. The van der Waals surface area contributed by atoms with Crippen LogP contribution < -0.4 is 0 Å². The van der Waals surface area contributed by atoms with Crippen LogP contribution >= 0.6 is 0 Å². The summed E-state index contributed by atoms with van der Waals surface area (Å²) >= 11 is 0. The summed E-state index contributed by atoms with van der Waals surface area (Å²) in [5.41, 5.74) is 4.52. The Labute approximate surface area is 187 Å². The van der Waals surface area contributed by atoms with E-state index in [4.69, 9.17) is 5.11 Å². The van der Waals surface area contributed by atoms with E-state index in [2.05, 4.69) is 41.0 Å². The van der Waals surface area contributed by atoms with Gasteiger partial charge in [-0.05, 0) is 25.0 Å². The van der Waals surface area contributed by atoms with Crippen molar-refractivity contribution in [1.29, 1.82) is 0 Å². The van der Waals surface area contributed by atoms with Gasteiger partial charge in [0.05, 0.1) is 22.4 Å². The van der Waals surface area contributed by atoms with Gasteiger partial charge in [0.15, 0.2) is 0 Å². The van der Waals surface area contributed by atoms with Crippen LogP contribution in [0.3, 0.4) is 0 Å². The topological polar surface area (TPSA) is 55.9 Å². The molecule has 0 saturated carbocycles. The van der Waals surface area contributed by atoms with E-state index >= 15 is 0 Å². The summed E-state index contributed by atoms with van der Waals surface area (Å²) in [5, 5.41) is 20.1. The van der Waals surface area contributed by atoms with Crippen molar-refractivity contribution in [3.63, 3.8) is 0 Å². The number of allylic oxidation sites excluding steroid dienone is 1. The largest absolute Gasteiger partial charge is 0.396 e. The number of hydrogen-bond donors (Lipinski definition) is 1. The molecule has 0 atom stereocenters. The Hall–Kier alpha value is -2.92. The molecule has 5 nitrogen and oxygen atoms in total. The third kappa shape index (κ3) is 6.79. The van der Waals surface area contributed by atoms with Gasteiger partial charge in [0.2, 0.25) is 0 Å². The van der Waals surface area contributed by atoms with Crippen LogP contribution in [0, 0.1) is 0 Å². The van der Waals surface area contributed by atoms with Crippen LogP contribution in [0.4, 0.5) is 0 Å². The number of aliphatic hydroxyl groups excluding tert-OH is 1. The molecule has 0 aliphatic rings. The zero-order valence-electron chi connectivity index (χ0n) is 20.0. The fourth-order valence-corrected chi connectivity index (χ4v) is 3.30. The van der Waals surface area contributed by atoms with Crippen LogP contribution in [0.1, 0.15) is 45.5 Å². The molecule has 2 aromatic heterocycles. The third-order valence-corrected chi connectivity index (χ3v) is 4.58. The van der Waals surface area contributed by atoms with Crippen LogP contribution in [0.2, 0.25) is 0 Å². The second kappa shape index (κ2) is 14.1. The van der Waals surface area contributed by atoms with Gasteiger partial charge in [-0.3, -0.25) is 9.36 Å². The zero-order valence-corrected chi connectivity index (χ0v) is 20.0. The highest BCUT2D eigenvalue weighted by molar-refractivity contribution is 5.82. The second-order valence-electron chi connectivity index (χ2n) is 6.49. The molecule has 2 aromatic carbocycles. The van der Waals surface area contributed by atoms with Gasteiger partial charge in [-0.1, -0.05) is 70.2 Å². The lowest BCUT2D eigenvalue weighted by molar-refractivity contribution is 0.288. The summed E-state index contributed by atoms with van der Waals surface area (Å²) < 4.78 is 3.80. The van der Waals surface area contributed by atoms with Gasteiger partial charge in [0, 0.05) is 37.9 Å². The minimum Gasteiger partial charge on any atom is -0.396 e. The van der Waals surface area contributed by atoms with Crippen molar-refractivity contribution in [2.75, 3.05) is 6.61 Å². The molecular formula is C26H38N4O. The fourth-order valence-electron chi connectivity index (χ4n) is 3.30. The molecule has 4 rings (SSSR count). The maximum atomic E-state index is 8.77. The molecule has 0 aliphatic heterocycles. The van der Waals surface area contributed by atoms with Gasteiger partial charge in [-0.25, -0.2) is 0 Å². The molecule has 5 heteroatoms. The standard InChI is InChI=1S/C11H14N2O.C11H12N2.2C2H6/c1-13-11-7-3-2-5-9(11)10(12-13)6-4-8-14;1-3-6-10-9-7-4-5-8-11(9)13(2)12-10;2*1-2/h2-3,5,7,14H,4,6,8H2,1H3;3-5,7-8H,1,6H2,2H3;2*1-2H3. The van der Waals surface area contributed by atoms with Crippen LogP contribution in [-0.2, 0) is 26.9 Å². The predicted molar refractivity (Wildman–Crippen MR) is 133 cm³/mol. The summed E-state index contributed by atoms with van der Waals surface area (Å²) in [5.74, 6) is 0. The molecule has 1 N–H and O–H groups in total. The Morgan fingerprint density at radius 3 is 1.74 bits per heavy atom. The monoisotopic (exact) mass is 422 g/mol. The molecule has 31 heavy (non-hydrogen) atoms. The summed E-state index contributed by atoms with van der Waals surface area (Å²) in [4.78, 5) is 0. The van der Waals surface area contributed by atoms with Crippen molar-refractivity contribution in [3.05, 3.63) is 72.6 Å². The highest BCUT2D eigenvalue weighted by atomic mass is 16.2. The SMILES string of the molecule is C=CCc1nn(C)c2ccccc12.CC.CC.Cn1nc(CCCO)c2ccccc21. The number of aromatic nitrogens is 4.